The van der Waals surface area contributed by atoms with Gasteiger partial charge in [0.2, 0.25) is 5.91 Å². The fraction of sp³-hybridized carbons (Fsp3) is 0.467. The predicted molar refractivity (Wildman–Crippen MR) is 149 cm³/mol. The summed E-state index contributed by atoms with van der Waals surface area (Å²) in [6, 6.07) is 17.3. The number of fused-ring (bicyclic) bond motifs is 1. The molecule has 1 saturated carbocycles. The van der Waals surface area contributed by atoms with Gasteiger partial charge in [-0.25, -0.2) is 0 Å². The highest BCUT2D eigenvalue weighted by Gasteiger charge is 2.44. The Morgan fingerprint density at radius 3 is 2.50 bits per heavy atom. The third-order valence-electron chi connectivity index (χ3n) is 8.02. The Labute approximate surface area is 219 Å². The maximum Gasteiger partial charge on any atom is 0.260 e. The smallest absolute Gasteiger partial charge is 0.260 e. The van der Waals surface area contributed by atoms with Crippen molar-refractivity contribution in [3.8, 4) is 0 Å². The van der Waals surface area contributed by atoms with Gasteiger partial charge in [-0.3, -0.25) is 9.59 Å². The zero-order valence-corrected chi connectivity index (χ0v) is 22.6. The van der Waals surface area contributed by atoms with Gasteiger partial charge in [-0.2, -0.15) is 0 Å². The second kappa shape index (κ2) is 10.3. The van der Waals surface area contributed by atoms with Crippen molar-refractivity contribution in [1.82, 2.24) is 9.80 Å². The van der Waals surface area contributed by atoms with Gasteiger partial charge >= 0.3 is 0 Å². The van der Waals surface area contributed by atoms with Crippen LogP contribution in [0.5, 0.6) is 0 Å². The van der Waals surface area contributed by atoms with Crippen molar-refractivity contribution in [1.29, 1.82) is 0 Å². The molecule has 2 aromatic rings. The normalized spacial score (nSPS) is 27.8. The van der Waals surface area contributed by atoms with Gasteiger partial charge in [-0.15, -0.1) is 11.8 Å². The summed E-state index contributed by atoms with van der Waals surface area (Å²) in [6.45, 7) is 8.78. The standard InChI is InChI=1S/C30H37N3O2S/c1-20-7-5-9-23(15-20)17-28-30(35)31(4)26-18-24(11-12-27(26)36-28)29(34)32-13-14-33(22(3)19-32)25-10-6-8-21(2)16-25/h5-10,15-17,22,24,26-27H,11-14,18-19H2,1-4H3/b28-17-. The average Bonchev–Trinajstić information content (AvgIpc) is 2.86. The molecule has 2 saturated heterocycles. The van der Waals surface area contributed by atoms with E-state index in [1.807, 2.05) is 24.1 Å². The Bertz CT molecular complexity index is 1180. The molecule has 6 heteroatoms. The third kappa shape index (κ3) is 5.06. The van der Waals surface area contributed by atoms with Gasteiger partial charge in [-0.1, -0.05) is 42.0 Å². The fourth-order valence-electron chi connectivity index (χ4n) is 6.04. The number of thioether (sulfide) groups is 1. The molecule has 0 spiro atoms. The minimum Gasteiger partial charge on any atom is -0.365 e. The molecule has 2 aliphatic heterocycles. The van der Waals surface area contributed by atoms with Gasteiger partial charge in [0.05, 0.1) is 4.91 Å². The second-order valence-corrected chi connectivity index (χ2v) is 12.0. The second-order valence-electron chi connectivity index (χ2n) is 10.7. The predicted octanol–water partition coefficient (Wildman–Crippen LogP) is 5.12. The van der Waals surface area contributed by atoms with Crippen molar-refractivity contribution in [3.05, 3.63) is 70.1 Å². The van der Waals surface area contributed by atoms with Crippen LogP contribution < -0.4 is 4.90 Å². The average molecular weight is 504 g/mol. The van der Waals surface area contributed by atoms with Crippen LogP contribution in [0.3, 0.4) is 0 Å². The summed E-state index contributed by atoms with van der Waals surface area (Å²) in [6.07, 6.45) is 4.66. The highest BCUT2D eigenvalue weighted by Crippen LogP contribution is 2.43. The van der Waals surface area contributed by atoms with Gasteiger partial charge in [0.1, 0.15) is 0 Å². The van der Waals surface area contributed by atoms with Crippen molar-refractivity contribution in [3.63, 3.8) is 0 Å². The van der Waals surface area contributed by atoms with Crippen LogP contribution in [-0.4, -0.2) is 65.6 Å². The number of hydrogen-bond donors (Lipinski definition) is 0. The molecule has 1 aliphatic carbocycles. The summed E-state index contributed by atoms with van der Waals surface area (Å²) in [4.78, 5) is 34.0. The zero-order chi connectivity index (χ0) is 25.4. The zero-order valence-electron chi connectivity index (χ0n) is 21.8. The lowest BCUT2D eigenvalue weighted by atomic mass is 9.83. The molecule has 2 heterocycles. The van der Waals surface area contributed by atoms with Crippen LogP contribution in [-0.2, 0) is 9.59 Å². The number of carbonyl (C=O) groups excluding carboxylic acids is 2. The highest BCUT2D eigenvalue weighted by atomic mass is 32.2. The fourth-order valence-corrected chi connectivity index (χ4v) is 7.52. The molecule has 3 fully saturated rings. The first-order valence-electron chi connectivity index (χ1n) is 13.1. The van der Waals surface area contributed by atoms with E-state index in [1.165, 1.54) is 16.8 Å². The Hall–Kier alpha value is -2.73. The van der Waals surface area contributed by atoms with Crippen molar-refractivity contribution in [2.45, 2.75) is 57.4 Å². The monoisotopic (exact) mass is 503 g/mol. The van der Waals surface area contributed by atoms with Crippen LogP contribution in [0.4, 0.5) is 5.69 Å². The first kappa shape index (κ1) is 24.9. The van der Waals surface area contributed by atoms with Gasteiger partial charge in [-0.05, 0) is 69.4 Å². The van der Waals surface area contributed by atoms with Crippen LogP contribution in [0, 0.1) is 19.8 Å². The number of nitrogens with zero attached hydrogens (tertiary/aromatic N) is 3. The minimum absolute atomic E-state index is 0.00197. The van der Waals surface area contributed by atoms with E-state index in [1.54, 1.807) is 11.8 Å². The molecule has 4 atom stereocenters. The summed E-state index contributed by atoms with van der Waals surface area (Å²) >= 11 is 1.72. The van der Waals surface area contributed by atoms with E-state index in [4.69, 9.17) is 0 Å². The molecule has 0 N–H and O–H groups in total. The number of anilines is 1. The molecule has 2 aromatic carbocycles. The van der Waals surface area contributed by atoms with Gasteiger partial charge in [0.15, 0.2) is 0 Å². The van der Waals surface area contributed by atoms with Gasteiger partial charge in [0, 0.05) is 55.6 Å². The molecule has 0 bridgehead atoms. The van der Waals surface area contributed by atoms with E-state index >= 15 is 0 Å². The Balaban J connectivity index is 1.23. The SMILES string of the molecule is Cc1cccc(/C=C2\SC3CCC(C(=O)N4CCN(c5cccc(C)c5)C(C)C4)CC3N(C)C2=O)c1. The molecule has 190 valence electrons. The van der Waals surface area contributed by atoms with Crippen LogP contribution in [0.25, 0.3) is 6.08 Å². The van der Waals surface area contributed by atoms with Crippen LogP contribution >= 0.6 is 11.8 Å². The highest BCUT2D eigenvalue weighted by molar-refractivity contribution is 8.04. The summed E-state index contributed by atoms with van der Waals surface area (Å²) in [5.74, 6) is 0.356. The minimum atomic E-state index is 0.00197. The van der Waals surface area contributed by atoms with Gasteiger partial charge < -0.3 is 14.7 Å². The number of hydrogen-bond acceptors (Lipinski definition) is 4. The first-order chi connectivity index (χ1) is 17.3. The molecule has 0 aromatic heterocycles. The first-order valence-corrected chi connectivity index (χ1v) is 14.0. The van der Waals surface area contributed by atoms with Crippen molar-refractivity contribution in [2.75, 3.05) is 31.6 Å². The maximum absolute atomic E-state index is 13.6. The number of amides is 2. The van der Waals surface area contributed by atoms with Crippen LogP contribution in [0.15, 0.2) is 53.4 Å². The number of aryl methyl sites for hydroxylation is 2. The lowest BCUT2D eigenvalue weighted by Gasteiger charge is -2.46. The summed E-state index contributed by atoms with van der Waals surface area (Å²) < 4.78 is 0. The molecular weight excluding hydrogens is 466 g/mol. The topological polar surface area (TPSA) is 43.9 Å². The Morgan fingerprint density at radius 1 is 1.03 bits per heavy atom. The van der Waals surface area contributed by atoms with Gasteiger partial charge in [0.25, 0.3) is 5.91 Å². The number of rotatable bonds is 3. The number of benzene rings is 2. The summed E-state index contributed by atoms with van der Waals surface area (Å²) in [5.41, 5.74) is 4.76. The molecule has 2 amide bonds. The Morgan fingerprint density at radius 2 is 1.78 bits per heavy atom. The molecular formula is C30H37N3O2S. The lowest BCUT2D eigenvalue weighted by molar-refractivity contribution is -0.139. The largest absolute Gasteiger partial charge is 0.365 e. The molecule has 0 radical (unpaired) electrons. The molecule has 5 rings (SSSR count). The van der Waals surface area contributed by atoms with Crippen LogP contribution in [0.1, 0.15) is 42.9 Å². The van der Waals surface area contributed by atoms with E-state index in [-0.39, 0.29) is 29.8 Å². The van der Waals surface area contributed by atoms with Crippen molar-refractivity contribution in [2.24, 2.45) is 5.92 Å². The maximum atomic E-state index is 13.6. The third-order valence-corrected chi connectivity index (χ3v) is 9.42. The summed E-state index contributed by atoms with van der Waals surface area (Å²) in [5, 5.41) is 0.352. The number of carbonyl (C=O) groups is 2. The van der Waals surface area contributed by atoms with E-state index in [9.17, 15) is 9.59 Å². The Kier molecular flexibility index (Phi) is 7.16. The van der Waals surface area contributed by atoms with E-state index in [0.717, 1.165) is 49.4 Å². The number of likely N-dealkylation sites (N-methyl/N-ethyl adjacent to an activating group) is 1. The van der Waals surface area contributed by atoms with E-state index < -0.39 is 0 Å². The quantitative estimate of drug-likeness (QED) is 0.545. The number of piperazine rings is 1. The van der Waals surface area contributed by atoms with Crippen LogP contribution in [0.2, 0.25) is 0 Å². The molecule has 3 aliphatic rings. The van der Waals surface area contributed by atoms with Crippen molar-refractivity contribution < 1.29 is 9.59 Å². The lowest BCUT2D eigenvalue weighted by Crippen LogP contribution is -2.57. The molecule has 36 heavy (non-hydrogen) atoms. The molecule has 5 nitrogen and oxygen atoms in total. The van der Waals surface area contributed by atoms with Crippen molar-refractivity contribution >= 4 is 35.3 Å². The summed E-state index contributed by atoms with van der Waals surface area (Å²) in [7, 11) is 1.92. The van der Waals surface area contributed by atoms with E-state index in [0.29, 0.717) is 5.25 Å². The molecule has 4 unspecified atom stereocenters. The van der Waals surface area contributed by atoms with E-state index in [2.05, 4.69) is 73.0 Å².